The fourth-order valence-electron chi connectivity index (χ4n) is 0.650. The topological polar surface area (TPSA) is 46.2 Å². The maximum Gasteiger partial charge on any atom is 0.220 e. The van der Waals surface area contributed by atoms with Gasteiger partial charge in [-0.15, -0.1) is 0 Å². The van der Waals surface area contributed by atoms with E-state index in [1.54, 1.807) is 6.26 Å². The van der Waals surface area contributed by atoms with Gasteiger partial charge in [-0.25, -0.2) is 0 Å². The summed E-state index contributed by atoms with van der Waals surface area (Å²) in [6, 6.07) is 0. The van der Waals surface area contributed by atoms with Crippen LogP contribution < -0.4 is 5.32 Å². The Morgan fingerprint density at radius 1 is 1.55 bits per heavy atom. The number of carbonyl (C=O) groups is 1. The van der Waals surface area contributed by atoms with E-state index in [0.717, 1.165) is 6.42 Å². The second-order valence-corrected chi connectivity index (χ2v) is 3.93. The number of carbonyl (C=O) groups excluding carboxylic acids is 1. The Morgan fingerprint density at radius 2 is 2.18 bits per heavy atom. The quantitative estimate of drug-likeness (QED) is 0.655. The summed E-state index contributed by atoms with van der Waals surface area (Å²) in [5, 5.41) is 2.68. The first kappa shape index (κ1) is 10.6. The molecule has 0 rings (SSSR count). The zero-order chi connectivity index (χ0) is 8.69. The molecule has 66 valence electrons. The molecule has 0 unspecified atom stereocenters. The van der Waals surface area contributed by atoms with Crippen molar-refractivity contribution in [1.29, 1.82) is 0 Å². The van der Waals surface area contributed by atoms with E-state index in [4.69, 9.17) is 0 Å². The molecule has 0 aliphatic heterocycles. The zero-order valence-electron chi connectivity index (χ0n) is 7.05. The van der Waals surface area contributed by atoms with E-state index in [2.05, 4.69) is 5.32 Å². The van der Waals surface area contributed by atoms with Crippen molar-refractivity contribution in [3.05, 3.63) is 0 Å². The molecule has 0 saturated heterocycles. The lowest BCUT2D eigenvalue weighted by Gasteiger charge is -2.01. The highest BCUT2D eigenvalue weighted by Gasteiger charge is 1.97. The molecule has 0 bridgehead atoms. The minimum absolute atomic E-state index is 0.0537. The van der Waals surface area contributed by atoms with Gasteiger partial charge in [0.15, 0.2) is 0 Å². The van der Waals surface area contributed by atoms with Gasteiger partial charge in [0.05, 0.1) is 0 Å². The molecule has 1 atom stereocenters. The molecule has 0 aliphatic rings. The van der Waals surface area contributed by atoms with Crippen LogP contribution in [-0.4, -0.2) is 28.7 Å². The van der Waals surface area contributed by atoms with E-state index in [1.165, 1.54) is 0 Å². The van der Waals surface area contributed by atoms with Crippen molar-refractivity contribution in [2.75, 3.05) is 18.6 Å². The summed E-state index contributed by atoms with van der Waals surface area (Å²) in [6.07, 6.45) is 3.06. The molecule has 11 heavy (non-hydrogen) atoms. The van der Waals surface area contributed by atoms with Crippen molar-refractivity contribution in [3.8, 4) is 0 Å². The van der Waals surface area contributed by atoms with Crippen molar-refractivity contribution >= 4 is 16.7 Å². The number of rotatable bonds is 5. The van der Waals surface area contributed by atoms with Crippen molar-refractivity contribution in [3.63, 3.8) is 0 Å². The average Bonchev–Trinajstić information content (AvgIpc) is 1.87. The Labute approximate surface area is 70.0 Å². The minimum Gasteiger partial charge on any atom is -0.355 e. The summed E-state index contributed by atoms with van der Waals surface area (Å²) in [5.74, 6) is 0.605. The van der Waals surface area contributed by atoms with Gasteiger partial charge in [0.1, 0.15) is 0 Å². The van der Waals surface area contributed by atoms with E-state index in [0.29, 0.717) is 18.7 Å². The summed E-state index contributed by atoms with van der Waals surface area (Å²) >= 11 is 0. The van der Waals surface area contributed by atoms with Crippen LogP contribution in [0.4, 0.5) is 0 Å². The smallest absolute Gasteiger partial charge is 0.220 e. The van der Waals surface area contributed by atoms with Gasteiger partial charge in [-0.05, 0) is 6.42 Å². The van der Waals surface area contributed by atoms with Gasteiger partial charge < -0.3 is 5.32 Å². The fraction of sp³-hybridized carbons (Fsp3) is 0.857. The number of hydrogen-bond donors (Lipinski definition) is 1. The first-order valence-electron chi connectivity index (χ1n) is 3.73. The molecule has 0 aliphatic carbocycles. The second-order valence-electron chi connectivity index (χ2n) is 2.38. The molecule has 0 radical (unpaired) electrons. The largest absolute Gasteiger partial charge is 0.355 e. The fourth-order valence-corrected chi connectivity index (χ4v) is 1.04. The molecule has 0 aromatic heterocycles. The van der Waals surface area contributed by atoms with Crippen LogP contribution in [0.25, 0.3) is 0 Å². The minimum atomic E-state index is -0.801. The average molecular weight is 177 g/mol. The molecule has 1 N–H and O–H groups in total. The molecular weight excluding hydrogens is 162 g/mol. The molecule has 0 heterocycles. The van der Waals surface area contributed by atoms with Gasteiger partial charge in [-0.2, -0.15) is 0 Å². The first-order chi connectivity index (χ1) is 5.16. The Balaban J connectivity index is 3.24. The zero-order valence-corrected chi connectivity index (χ0v) is 7.87. The lowest BCUT2D eigenvalue weighted by Crippen LogP contribution is -2.26. The predicted octanol–water partition coefficient (Wildman–Crippen LogP) is 0.281. The lowest BCUT2D eigenvalue weighted by molar-refractivity contribution is -0.120. The van der Waals surface area contributed by atoms with Gasteiger partial charge in [-0.1, -0.05) is 6.92 Å². The predicted molar refractivity (Wildman–Crippen MR) is 46.9 cm³/mol. The van der Waals surface area contributed by atoms with E-state index in [9.17, 15) is 9.00 Å². The molecule has 0 aromatic rings. The van der Waals surface area contributed by atoms with Crippen LogP contribution in [-0.2, 0) is 15.6 Å². The highest BCUT2D eigenvalue weighted by molar-refractivity contribution is 7.84. The number of nitrogens with one attached hydrogen (secondary N) is 1. The third-order valence-electron chi connectivity index (χ3n) is 1.19. The summed E-state index contributed by atoms with van der Waals surface area (Å²) in [6.45, 7) is 2.49. The SMILES string of the molecule is CCCC(=O)NCC[S@](C)=O. The maximum atomic E-state index is 10.8. The van der Waals surface area contributed by atoms with Gasteiger partial charge in [0.25, 0.3) is 0 Å². The van der Waals surface area contributed by atoms with Gasteiger partial charge in [0, 0.05) is 35.8 Å². The molecule has 0 saturated carbocycles. The highest BCUT2D eigenvalue weighted by atomic mass is 32.2. The van der Waals surface area contributed by atoms with Crippen molar-refractivity contribution in [2.45, 2.75) is 19.8 Å². The van der Waals surface area contributed by atoms with Crippen LogP contribution in [0, 0.1) is 0 Å². The van der Waals surface area contributed by atoms with Crippen LogP contribution in [0.5, 0.6) is 0 Å². The van der Waals surface area contributed by atoms with E-state index in [-0.39, 0.29) is 5.91 Å². The van der Waals surface area contributed by atoms with Crippen LogP contribution in [0.3, 0.4) is 0 Å². The molecular formula is C7H15NO2S. The molecule has 4 heteroatoms. The van der Waals surface area contributed by atoms with E-state index < -0.39 is 10.8 Å². The standard InChI is InChI=1S/C7H15NO2S/c1-3-4-7(9)8-5-6-11(2)10/h3-6H2,1-2H3,(H,8,9)/t11-/m0/s1. The van der Waals surface area contributed by atoms with E-state index in [1.807, 2.05) is 6.92 Å². The maximum absolute atomic E-state index is 10.8. The first-order valence-corrected chi connectivity index (χ1v) is 5.46. The molecule has 1 amide bonds. The highest BCUT2D eigenvalue weighted by Crippen LogP contribution is 1.84. The third-order valence-corrected chi connectivity index (χ3v) is 1.97. The van der Waals surface area contributed by atoms with Crippen LogP contribution >= 0.6 is 0 Å². The van der Waals surface area contributed by atoms with Crippen LogP contribution in [0.15, 0.2) is 0 Å². The summed E-state index contributed by atoms with van der Waals surface area (Å²) in [5.41, 5.74) is 0. The molecule has 0 fully saturated rings. The Morgan fingerprint density at radius 3 is 2.64 bits per heavy atom. The van der Waals surface area contributed by atoms with Gasteiger partial charge in [-0.3, -0.25) is 9.00 Å². The molecule has 3 nitrogen and oxygen atoms in total. The van der Waals surface area contributed by atoms with Crippen molar-refractivity contribution in [1.82, 2.24) is 5.32 Å². The van der Waals surface area contributed by atoms with E-state index >= 15 is 0 Å². The van der Waals surface area contributed by atoms with Gasteiger partial charge >= 0.3 is 0 Å². The molecule has 0 aromatic carbocycles. The molecule has 0 spiro atoms. The van der Waals surface area contributed by atoms with Crippen LogP contribution in [0.1, 0.15) is 19.8 Å². The third kappa shape index (κ3) is 7.52. The monoisotopic (exact) mass is 177 g/mol. The normalized spacial score (nSPS) is 12.5. The Kier molecular flexibility index (Phi) is 6.12. The van der Waals surface area contributed by atoms with Gasteiger partial charge in [0.2, 0.25) is 5.91 Å². The Bertz CT molecular complexity index is 147. The Hall–Kier alpha value is -0.380. The summed E-state index contributed by atoms with van der Waals surface area (Å²) < 4.78 is 10.5. The summed E-state index contributed by atoms with van der Waals surface area (Å²) in [7, 11) is -0.801. The van der Waals surface area contributed by atoms with Crippen molar-refractivity contribution < 1.29 is 9.00 Å². The second kappa shape index (κ2) is 6.34. The number of amides is 1. The van der Waals surface area contributed by atoms with Crippen molar-refractivity contribution in [2.24, 2.45) is 0 Å². The number of hydrogen-bond acceptors (Lipinski definition) is 2. The summed E-state index contributed by atoms with van der Waals surface area (Å²) in [4.78, 5) is 10.8. The lowest BCUT2D eigenvalue weighted by atomic mass is 10.3. The van der Waals surface area contributed by atoms with Crippen LogP contribution in [0.2, 0.25) is 0 Å².